The maximum atomic E-state index is 13.5. The van der Waals surface area contributed by atoms with E-state index < -0.39 is 11.7 Å². The Morgan fingerprint density at radius 3 is 2.53 bits per heavy atom. The van der Waals surface area contributed by atoms with Crippen molar-refractivity contribution in [2.24, 2.45) is 0 Å². The third-order valence-corrected chi connectivity index (χ3v) is 3.12. The summed E-state index contributed by atoms with van der Waals surface area (Å²) in [5, 5.41) is 2.87. The van der Waals surface area contributed by atoms with Crippen LogP contribution in [0.5, 0.6) is 0 Å². The molecule has 0 aliphatic carbocycles. The van der Waals surface area contributed by atoms with Gasteiger partial charge in [0.1, 0.15) is 5.82 Å². The van der Waals surface area contributed by atoms with Crippen LogP contribution in [0.4, 0.5) is 15.8 Å². The number of carbonyl (C=O) groups is 1. The number of halogens is 3. The number of nitrogen functional groups attached to an aromatic ring is 1. The Kier molecular flexibility index (Phi) is 3.93. The van der Waals surface area contributed by atoms with E-state index in [-0.39, 0.29) is 22.0 Å². The van der Waals surface area contributed by atoms with Crippen molar-refractivity contribution >= 4 is 40.5 Å². The molecule has 0 aliphatic rings. The maximum absolute atomic E-state index is 13.5. The molecule has 0 atom stereocenters. The molecule has 98 valence electrons. The highest BCUT2D eigenvalue weighted by molar-refractivity contribution is 6.34. The topological polar surface area (TPSA) is 55.1 Å². The second-order valence-electron chi connectivity index (χ2n) is 3.79. The van der Waals surface area contributed by atoms with E-state index in [2.05, 4.69) is 5.32 Å². The highest BCUT2D eigenvalue weighted by Crippen LogP contribution is 2.26. The number of rotatable bonds is 2. The summed E-state index contributed by atoms with van der Waals surface area (Å²) in [4.78, 5) is 11.9. The number of nitrogens with one attached hydrogen (secondary N) is 1. The molecule has 0 aliphatic heterocycles. The molecule has 2 aromatic rings. The molecular formula is C13H9Cl2FN2O. The van der Waals surface area contributed by atoms with Gasteiger partial charge in [-0.3, -0.25) is 4.79 Å². The van der Waals surface area contributed by atoms with Crippen LogP contribution in [0.1, 0.15) is 10.4 Å². The second-order valence-corrected chi connectivity index (χ2v) is 4.60. The van der Waals surface area contributed by atoms with Crippen LogP contribution in [-0.4, -0.2) is 5.91 Å². The fourth-order valence-electron chi connectivity index (χ4n) is 1.49. The molecule has 0 unspecified atom stereocenters. The number of amides is 1. The van der Waals surface area contributed by atoms with Crippen molar-refractivity contribution < 1.29 is 9.18 Å². The van der Waals surface area contributed by atoms with E-state index in [1.807, 2.05) is 0 Å². The third-order valence-electron chi connectivity index (χ3n) is 2.46. The Balaban J connectivity index is 2.28. The van der Waals surface area contributed by atoms with E-state index in [4.69, 9.17) is 28.9 Å². The van der Waals surface area contributed by atoms with Crippen LogP contribution < -0.4 is 11.1 Å². The standard InChI is InChI=1S/C13H9Cl2FN2O/c14-8-5-4-7(6-11(8)17)13(19)18-12-9(15)2-1-3-10(12)16/h1-6H,17H2,(H,18,19). The lowest BCUT2D eigenvalue weighted by Gasteiger charge is -2.09. The average molecular weight is 299 g/mol. The molecule has 1 amide bonds. The van der Waals surface area contributed by atoms with Crippen molar-refractivity contribution in [3.8, 4) is 0 Å². The zero-order valence-corrected chi connectivity index (χ0v) is 11.1. The number of hydrogen-bond acceptors (Lipinski definition) is 2. The van der Waals surface area contributed by atoms with E-state index in [1.54, 1.807) is 0 Å². The smallest absolute Gasteiger partial charge is 0.255 e. The molecule has 0 fully saturated rings. The maximum Gasteiger partial charge on any atom is 0.255 e. The summed E-state index contributed by atoms with van der Waals surface area (Å²) in [5.41, 5.74) is 6.07. The molecule has 0 radical (unpaired) electrons. The number of hydrogen-bond donors (Lipinski definition) is 2. The van der Waals surface area contributed by atoms with Gasteiger partial charge in [0.2, 0.25) is 0 Å². The first-order valence-corrected chi connectivity index (χ1v) is 6.05. The zero-order valence-electron chi connectivity index (χ0n) is 9.58. The number of benzene rings is 2. The van der Waals surface area contributed by atoms with E-state index >= 15 is 0 Å². The molecule has 19 heavy (non-hydrogen) atoms. The van der Waals surface area contributed by atoms with Crippen LogP contribution in [0.15, 0.2) is 36.4 Å². The normalized spacial score (nSPS) is 10.3. The molecule has 0 saturated carbocycles. The van der Waals surface area contributed by atoms with Crippen molar-refractivity contribution in [1.29, 1.82) is 0 Å². The van der Waals surface area contributed by atoms with Crippen LogP contribution in [0.25, 0.3) is 0 Å². The number of carbonyl (C=O) groups excluding carboxylic acids is 1. The van der Waals surface area contributed by atoms with Crippen molar-refractivity contribution in [2.75, 3.05) is 11.1 Å². The van der Waals surface area contributed by atoms with E-state index in [0.717, 1.165) is 0 Å². The quantitative estimate of drug-likeness (QED) is 0.824. The average Bonchev–Trinajstić information content (AvgIpc) is 2.37. The molecule has 6 heteroatoms. The first-order valence-electron chi connectivity index (χ1n) is 5.29. The van der Waals surface area contributed by atoms with Gasteiger partial charge in [-0.2, -0.15) is 0 Å². The van der Waals surface area contributed by atoms with Crippen molar-refractivity contribution in [3.05, 3.63) is 57.8 Å². The van der Waals surface area contributed by atoms with Crippen LogP contribution >= 0.6 is 23.2 Å². The van der Waals surface area contributed by atoms with E-state index in [0.29, 0.717) is 5.02 Å². The van der Waals surface area contributed by atoms with Gasteiger partial charge in [0, 0.05) is 5.56 Å². The first-order chi connectivity index (χ1) is 8.99. The van der Waals surface area contributed by atoms with Crippen molar-refractivity contribution in [2.45, 2.75) is 0 Å². The molecular weight excluding hydrogens is 290 g/mol. The van der Waals surface area contributed by atoms with Gasteiger partial charge in [-0.15, -0.1) is 0 Å². The Morgan fingerprint density at radius 1 is 1.16 bits per heavy atom. The highest BCUT2D eigenvalue weighted by Gasteiger charge is 2.13. The molecule has 3 nitrogen and oxygen atoms in total. The summed E-state index contributed by atoms with van der Waals surface area (Å²) in [6.07, 6.45) is 0. The summed E-state index contributed by atoms with van der Waals surface area (Å²) in [7, 11) is 0. The second kappa shape index (κ2) is 5.47. The minimum absolute atomic E-state index is 0.0670. The summed E-state index contributed by atoms with van der Waals surface area (Å²) >= 11 is 11.6. The Morgan fingerprint density at radius 2 is 1.89 bits per heavy atom. The van der Waals surface area contributed by atoms with Crippen molar-refractivity contribution in [1.82, 2.24) is 0 Å². The van der Waals surface area contributed by atoms with Crippen LogP contribution in [-0.2, 0) is 0 Å². The van der Waals surface area contributed by atoms with Gasteiger partial charge in [0.15, 0.2) is 0 Å². The lowest BCUT2D eigenvalue weighted by atomic mass is 10.2. The molecule has 0 saturated heterocycles. The van der Waals surface area contributed by atoms with Crippen LogP contribution in [0, 0.1) is 5.82 Å². The predicted octanol–water partition coefficient (Wildman–Crippen LogP) is 3.97. The third kappa shape index (κ3) is 2.97. The summed E-state index contributed by atoms with van der Waals surface area (Å²) in [5.74, 6) is -1.13. The fourth-order valence-corrected chi connectivity index (χ4v) is 1.82. The minimum atomic E-state index is -0.609. The van der Waals surface area contributed by atoms with Crippen LogP contribution in [0.2, 0.25) is 10.0 Å². The van der Waals surface area contributed by atoms with Gasteiger partial charge < -0.3 is 11.1 Å². The SMILES string of the molecule is Nc1cc(C(=O)Nc2c(F)cccc2Cl)ccc1Cl. The molecule has 0 spiro atoms. The summed E-state index contributed by atoms with van der Waals surface area (Å²) < 4.78 is 13.5. The van der Waals surface area contributed by atoms with Gasteiger partial charge in [-0.25, -0.2) is 4.39 Å². The van der Waals surface area contributed by atoms with Gasteiger partial charge >= 0.3 is 0 Å². The zero-order chi connectivity index (χ0) is 14.0. The Bertz CT molecular complexity index is 626. The predicted molar refractivity (Wildman–Crippen MR) is 75.2 cm³/mol. The number of anilines is 2. The van der Waals surface area contributed by atoms with Gasteiger partial charge in [-0.05, 0) is 30.3 Å². The Hall–Kier alpha value is -1.78. The van der Waals surface area contributed by atoms with Crippen LogP contribution in [0.3, 0.4) is 0 Å². The number of nitrogens with two attached hydrogens (primary N) is 1. The molecule has 2 rings (SSSR count). The summed E-state index contributed by atoms with van der Waals surface area (Å²) in [6, 6.07) is 8.53. The van der Waals surface area contributed by atoms with Gasteiger partial charge in [-0.1, -0.05) is 29.3 Å². The Labute approximate surface area is 119 Å². The molecule has 0 heterocycles. The van der Waals surface area contributed by atoms with E-state index in [9.17, 15) is 9.18 Å². The monoisotopic (exact) mass is 298 g/mol. The fraction of sp³-hybridized carbons (Fsp3) is 0. The molecule has 3 N–H and O–H groups in total. The first kappa shape index (κ1) is 13.6. The minimum Gasteiger partial charge on any atom is -0.398 e. The van der Waals surface area contributed by atoms with E-state index in [1.165, 1.54) is 36.4 Å². The van der Waals surface area contributed by atoms with Gasteiger partial charge in [0.25, 0.3) is 5.91 Å². The molecule has 0 bridgehead atoms. The highest BCUT2D eigenvalue weighted by atomic mass is 35.5. The number of para-hydroxylation sites is 1. The van der Waals surface area contributed by atoms with Gasteiger partial charge in [0.05, 0.1) is 21.4 Å². The molecule has 2 aromatic carbocycles. The largest absolute Gasteiger partial charge is 0.398 e. The lowest BCUT2D eigenvalue weighted by molar-refractivity contribution is 0.102. The lowest BCUT2D eigenvalue weighted by Crippen LogP contribution is -2.13. The molecule has 0 aromatic heterocycles. The van der Waals surface area contributed by atoms with Crippen molar-refractivity contribution in [3.63, 3.8) is 0 Å². The summed E-state index contributed by atoms with van der Waals surface area (Å²) in [6.45, 7) is 0.